The van der Waals surface area contributed by atoms with Gasteiger partial charge in [0.15, 0.2) is 0 Å². The average Bonchev–Trinajstić information content (AvgIpc) is 3.01. The van der Waals surface area contributed by atoms with Gasteiger partial charge in [0.1, 0.15) is 5.69 Å². The zero-order valence-corrected chi connectivity index (χ0v) is 15.6. The number of carbonyl (C=O) groups is 1. The van der Waals surface area contributed by atoms with Gasteiger partial charge in [-0.15, -0.1) is 0 Å². The van der Waals surface area contributed by atoms with Crippen LogP contribution in [-0.4, -0.2) is 23.6 Å². The number of halogens is 1. The van der Waals surface area contributed by atoms with Crippen molar-refractivity contribution in [3.63, 3.8) is 0 Å². The number of fused-ring (bicyclic) bond motifs is 1. The molecule has 5 heteroatoms. The molecule has 0 unspecified atom stereocenters. The third-order valence-electron chi connectivity index (χ3n) is 5.11. The number of anilines is 2. The van der Waals surface area contributed by atoms with E-state index in [4.69, 9.17) is 11.6 Å². The fourth-order valence-electron chi connectivity index (χ4n) is 3.65. The highest BCUT2D eigenvalue weighted by molar-refractivity contribution is 6.35. The van der Waals surface area contributed by atoms with E-state index in [0.29, 0.717) is 10.7 Å². The quantitative estimate of drug-likeness (QED) is 0.701. The smallest absolute Gasteiger partial charge is 0.272 e. The molecule has 2 heterocycles. The number of aromatic nitrogens is 1. The third kappa shape index (κ3) is 3.17. The molecule has 2 aromatic carbocycles. The molecule has 3 aromatic rings. The van der Waals surface area contributed by atoms with E-state index < -0.39 is 0 Å². The lowest BCUT2D eigenvalue weighted by molar-refractivity contribution is 0.102. The Morgan fingerprint density at radius 3 is 2.46 bits per heavy atom. The van der Waals surface area contributed by atoms with E-state index in [9.17, 15) is 4.79 Å². The third-order valence-corrected chi connectivity index (χ3v) is 5.44. The van der Waals surface area contributed by atoms with Gasteiger partial charge in [-0.05, 0) is 61.7 Å². The van der Waals surface area contributed by atoms with Gasteiger partial charge >= 0.3 is 0 Å². The van der Waals surface area contributed by atoms with E-state index in [-0.39, 0.29) is 5.91 Å². The molecule has 1 amide bonds. The number of piperidine rings is 1. The predicted octanol–water partition coefficient (Wildman–Crippen LogP) is 5.07. The van der Waals surface area contributed by atoms with E-state index in [1.54, 1.807) is 0 Å². The largest absolute Gasteiger partial charge is 0.372 e. The molecule has 0 saturated carbocycles. The van der Waals surface area contributed by atoms with Gasteiger partial charge in [0.25, 0.3) is 5.91 Å². The Labute approximate surface area is 158 Å². The van der Waals surface area contributed by atoms with Crippen molar-refractivity contribution < 1.29 is 4.79 Å². The Bertz CT molecular complexity index is 940. The molecule has 1 aliphatic rings. The number of carbonyl (C=O) groups excluding carboxylic acids is 1. The Morgan fingerprint density at radius 2 is 1.77 bits per heavy atom. The topological polar surface area (TPSA) is 37.3 Å². The van der Waals surface area contributed by atoms with Crippen LogP contribution < -0.4 is 10.2 Å². The maximum atomic E-state index is 12.7. The van der Waals surface area contributed by atoms with Crippen LogP contribution in [0.4, 0.5) is 11.4 Å². The molecular formula is C21H22ClN3O. The van der Waals surface area contributed by atoms with Crippen molar-refractivity contribution in [1.82, 2.24) is 4.57 Å². The van der Waals surface area contributed by atoms with Gasteiger partial charge in [0.05, 0.1) is 0 Å². The molecule has 0 spiro atoms. The number of nitrogens with one attached hydrogen (secondary N) is 1. The molecular weight excluding hydrogens is 346 g/mol. The van der Waals surface area contributed by atoms with Gasteiger partial charge in [-0.1, -0.05) is 17.7 Å². The van der Waals surface area contributed by atoms with Crippen LogP contribution in [0, 0.1) is 0 Å². The second-order valence-corrected chi connectivity index (χ2v) is 7.22. The Morgan fingerprint density at radius 1 is 1.04 bits per heavy atom. The van der Waals surface area contributed by atoms with Crippen molar-refractivity contribution in [3.8, 4) is 0 Å². The second-order valence-electron chi connectivity index (χ2n) is 6.81. The van der Waals surface area contributed by atoms with Crippen molar-refractivity contribution >= 4 is 39.8 Å². The molecule has 134 valence electrons. The summed E-state index contributed by atoms with van der Waals surface area (Å²) in [5, 5.41) is 4.53. The Kier molecular flexibility index (Phi) is 4.60. The minimum absolute atomic E-state index is 0.134. The number of hydrogen-bond acceptors (Lipinski definition) is 2. The van der Waals surface area contributed by atoms with Crippen molar-refractivity contribution in [2.75, 3.05) is 23.3 Å². The molecule has 0 atom stereocenters. The number of aryl methyl sites for hydroxylation is 1. The van der Waals surface area contributed by atoms with E-state index in [1.165, 1.54) is 24.9 Å². The number of nitrogens with zero attached hydrogens (tertiary/aromatic N) is 2. The first-order chi connectivity index (χ1) is 12.6. The summed E-state index contributed by atoms with van der Waals surface area (Å²) in [5.41, 5.74) is 3.56. The summed E-state index contributed by atoms with van der Waals surface area (Å²) < 4.78 is 1.87. The number of hydrogen-bond donors (Lipinski definition) is 1. The fourth-order valence-corrected chi connectivity index (χ4v) is 3.87. The highest BCUT2D eigenvalue weighted by Gasteiger charge is 2.15. The summed E-state index contributed by atoms with van der Waals surface area (Å²) in [5.74, 6) is -0.134. The number of amides is 1. The number of benzene rings is 2. The molecule has 0 bridgehead atoms. The zero-order valence-electron chi connectivity index (χ0n) is 14.8. The SMILES string of the molecule is Cn1c(C(=O)Nc2ccc(N3CCCCC3)cc2)cc2c(Cl)cccc21. The summed E-state index contributed by atoms with van der Waals surface area (Å²) in [6, 6.07) is 15.6. The minimum Gasteiger partial charge on any atom is -0.372 e. The van der Waals surface area contributed by atoms with Crippen LogP contribution in [0.2, 0.25) is 5.02 Å². The maximum absolute atomic E-state index is 12.7. The highest BCUT2D eigenvalue weighted by Crippen LogP contribution is 2.27. The van der Waals surface area contributed by atoms with E-state index in [1.807, 2.05) is 48.0 Å². The molecule has 4 rings (SSSR count). The van der Waals surface area contributed by atoms with Crippen molar-refractivity contribution in [2.24, 2.45) is 7.05 Å². The van der Waals surface area contributed by atoms with E-state index in [2.05, 4.69) is 22.3 Å². The standard InChI is InChI=1S/C21H22ClN3O/c1-24-19-7-5-6-18(22)17(19)14-20(24)21(26)23-15-8-10-16(11-9-15)25-12-3-2-4-13-25/h5-11,14H,2-4,12-13H2,1H3,(H,23,26). The molecule has 0 aliphatic carbocycles. The van der Waals surface area contributed by atoms with Gasteiger partial charge in [0, 0.05) is 47.4 Å². The van der Waals surface area contributed by atoms with Gasteiger partial charge in [-0.25, -0.2) is 0 Å². The van der Waals surface area contributed by atoms with Crippen molar-refractivity contribution in [2.45, 2.75) is 19.3 Å². The molecule has 1 aromatic heterocycles. The van der Waals surface area contributed by atoms with Crippen LogP contribution in [0.1, 0.15) is 29.8 Å². The Balaban J connectivity index is 1.53. The predicted molar refractivity (Wildman–Crippen MR) is 108 cm³/mol. The molecule has 1 fully saturated rings. The molecule has 0 radical (unpaired) electrons. The van der Waals surface area contributed by atoms with Gasteiger partial charge < -0.3 is 14.8 Å². The first-order valence-electron chi connectivity index (χ1n) is 9.04. The van der Waals surface area contributed by atoms with Gasteiger partial charge in [-0.2, -0.15) is 0 Å². The number of rotatable bonds is 3. The molecule has 1 N–H and O–H groups in total. The van der Waals surface area contributed by atoms with E-state index >= 15 is 0 Å². The van der Waals surface area contributed by atoms with Crippen LogP contribution >= 0.6 is 11.6 Å². The highest BCUT2D eigenvalue weighted by atomic mass is 35.5. The van der Waals surface area contributed by atoms with Crippen molar-refractivity contribution in [1.29, 1.82) is 0 Å². The summed E-state index contributed by atoms with van der Waals surface area (Å²) in [6.45, 7) is 2.23. The zero-order chi connectivity index (χ0) is 18.1. The van der Waals surface area contributed by atoms with Crippen LogP contribution in [0.25, 0.3) is 10.9 Å². The summed E-state index contributed by atoms with van der Waals surface area (Å²) in [4.78, 5) is 15.1. The molecule has 4 nitrogen and oxygen atoms in total. The van der Waals surface area contributed by atoms with Crippen LogP contribution in [0.3, 0.4) is 0 Å². The first-order valence-corrected chi connectivity index (χ1v) is 9.41. The average molecular weight is 368 g/mol. The normalized spacial score (nSPS) is 14.6. The lowest BCUT2D eigenvalue weighted by Gasteiger charge is -2.28. The summed E-state index contributed by atoms with van der Waals surface area (Å²) in [7, 11) is 1.88. The maximum Gasteiger partial charge on any atom is 0.272 e. The van der Waals surface area contributed by atoms with Crippen LogP contribution in [0.15, 0.2) is 48.5 Å². The minimum atomic E-state index is -0.134. The van der Waals surface area contributed by atoms with Crippen LogP contribution in [0.5, 0.6) is 0 Å². The molecule has 1 saturated heterocycles. The monoisotopic (exact) mass is 367 g/mol. The van der Waals surface area contributed by atoms with E-state index in [0.717, 1.165) is 29.7 Å². The second kappa shape index (κ2) is 7.04. The van der Waals surface area contributed by atoms with Crippen molar-refractivity contribution in [3.05, 3.63) is 59.2 Å². The molecule has 1 aliphatic heterocycles. The van der Waals surface area contributed by atoms with Gasteiger partial charge in [0.2, 0.25) is 0 Å². The molecule has 26 heavy (non-hydrogen) atoms. The summed E-state index contributed by atoms with van der Waals surface area (Å²) >= 11 is 6.25. The first kappa shape index (κ1) is 17.0. The lowest BCUT2D eigenvalue weighted by atomic mass is 10.1. The Hall–Kier alpha value is -2.46. The van der Waals surface area contributed by atoms with Crippen LogP contribution in [-0.2, 0) is 7.05 Å². The van der Waals surface area contributed by atoms with Gasteiger partial charge in [-0.3, -0.25) is 4.79 Å². The lowest BCUT2D eigenvalue weighted by Crippen LogP contribution is -2.29. The summed E-state index contributed by atoms with van der Waals surface area (Å²) in [6.07, 6.45) is 3.82. The fraction of sp³-hybridized carbons (Fsp3) is 0.286.